The summed E-state index contributed by atoms with van der Waals surface area (Å²) in [6.45, 7) is 19.3. The third kappa shape index (κ3) is 10.4. The molecule has 1 N–H and O–H groups in total. The van der Waals surface area contributed by atoms with E-state index >= 15 is 0 Å². The lowest BCUT2D eigenvalue weighted by molar-refractivity contribution is -0.140. The first-order chi connectivity index (χ1) is 19.1. The maximum Gasteiger partial charge on any atom is 0.389 e. The smallest absolute Gasteiger partial charge is 0.389 e. The van der Waals surface area contributed by atoms with E-state index in [-0.39, 0.29) is 48.0 Å². The van der Waals surface area contributed by atoms with Crippen LogP contribution in [0.3, 0.4) is 0 Å². The Hall–Kier alpha value is -3.03. The van der Waals surface area contributed by atoms with E-state index in [2.05, 4.69) is 84.5 Å². The van der Waals surface area contributed by atoms with Gasteiger partial charge in [0.2, 0.25) is 0 Å². The summed E-state index contributed by atoms with van der Waals surface area (Å²) in [5.74, 6) is -0.0864. The van der Waals surface area contributed by atoms with Gasteiger partial charge in [0.15, 0.2) is 0 Å². The quantitative estimate of drug-likeness (QED) is 0.281. The van der Waals surface area contributed by atoms with E-state index in [1.165, 1.54) is 12.7 Å². The normalized spacial score (nSPS) is 13.5. The Labute approximate surface area is 249 Å². The van der Waals surface area contributed by atoms with Gasteiger partial charge in [-0.05, 0) is 52.3 Å². The molecular weight excluding hydrogens is 543 g/mol. The van der Waals surface area contributed by atoms with Crippen LogP contribution in [0.15, 0.2) is 36.4 Å². The van der Waals surface area contributed by atoms with E-state index in [9.17, 15) is 22.8 Å². The number of carbonyl (C=O) groups is 2. The summed E-state index contributed by atoms with van der Waals surface area (Å²) in [5.41, 5.74) is 3.53. The average Bonchev–Trinajstić information content (AvgIpc) is 2.85. The molecular formula is C34H48F3NO4. The number of hydrogen-bond donors (Lipinski definition) is 1. The standard InChI is InChI=1S/C34H48F3NO4/c1-31(2,3)24-20-25(32(4,5)6)29(26(21-24)33(7,8)9)42-27(12-11-18-34(35,36)37)22-13-15-23(16-14-22)30(40)38-19-17-28(39)41-10/h13-16,20-21,27H,11-12,17-19H2,1-10H3,(H,38,40). The fraction of sp³-hybridized carbons (Fsp3) is 0.588. The van der Waals surface area contributed by atoms with Gasteiger partial charge in [0.1, 0.15) is 11.9 Å². The van der Waals surface area contributed by atoms with E-state index in [4.69, 9.17) is 4.74 Å². The molecule has 1 amide bonds. The molecule has 2 aromatic carbocycles. The third-order valence-corrected chi connectivity index (χ3v) is 7.14. The third-order valence-electron chi connectivity index (χ3n) is 7.14. The summed E-state index contributed by atoms with van der Waals surface area (Å²) < 4.78 is 50.8. The van der Waals surface area contributed by atoms with Crippen LogP contribution in [0.4, 0.5) is 13.2 Å². The van der Waals surface area contributed by atoms with Gasteiger partial charge in [-0.25, -0.2) is 0 Å². The Morgan fingerprint density at radius 2 is 1.36 bits per heavy atom. The predicted octanol–water partition coefficient (Wildman–Crippen LogP) is 8.72. The fourth-order valence-electron chi connectivity index (χ4n) is 4.56. The molecule has 8 heteroatoms. The molecule has 0 aromatic heterocycles. The number of benzene rings is 2. The predicted molar refractivity (Wildman–Crippen MR) is 161 cm³/mol. The van der Waals surface area contributed by atoms with Gasteiger partial charge in [-0.15, -0.1) is 0 Å². The van der Waals surface area contributed by atoms with Gasteiger partial charge in [-0.1, -0.05) is 86.6 Å². The maximum absolute atomic E-state index is 13.1. The van der Waals surface area contributed by atoms with Gasteiger partial charge < -0.3 is 14.8 Å². The van der Waals surface area contributed by atoms with Gasteiger partial charge in [0, 0.05) is 29.7 Å². The van der Waals surface area contributed by atoms with Crippen LogP contribution in [0, 0.1) is 0 Å². The molecule has 5 nitrogen and oxygen atoms in total. The number of methoxy groups -OCH3 is 1. The second-order valence-corrected chi connectivity index (χ2v) is 14.0. The van der Waals surface area contributed by atoms with Crippen molar-refractivity contribution in [3.63, 3.8) is 0 Å². The Morgan fingerprint density at radius 3 is 1.79 bits per heavy atom. The molecule has 0 saturated carbocycles. The fourth-order valence-corrected chi connectivity index (χ4v) is 4.56. The minimum absolute atomic E-state index is 0.0513. The van der Waals surface area contributed by atoms with E-state index < -0.39 is 24.7 Å². The Kier molecular flexibility index (Phi) is 11.3. The number of alkyl halides is 3. The molecule has 0 heterocycles. The number of esters is 1. The van der Waals surface area contributed by atoms with Crippen molar-refractivity contribution in [2.75, 3.05) is 13.7 Å². The first-order valence-electron chi connectivity index (χ1n) is 14.5. The highest BCUT2D eigenvalue weighted by molar-refractivity contribution is 5.94. The average molecular weight is 592 g/mol. The SMILES string of the molecule is COC(=O)CCNC(=O)c1ccc(C(CCCC(F)(F)F)Oc2c(C(C)(C)C)cc(C(C)(C)C)cc2C(C)(C)C)cc1. The molecule has 0 radical (unpaired) electrons. The highest BCUT2D eigenvalue weighted by atomic mass is 19.4. The van der Waals surface area contributed by atoms with Gasteiger partial charge in [-0.3, -0.25) is 9.59 Å². The van der Waals surface area contributed by atoms with Crippen molar-refractivity contribution in [3.05, 3.63) is 64.2 Å². The van der Waals surface area contributed by atoms with Crippen LogP contribution in [-0.2, 0) is 25.8 Å². The zero-order valence-corrected chi connectivity index (χ0v) is 26.8. The lowest BCUT2D eigenvalue weighted by Gasteiger charge is -2.35. The molecule has 0 aliphatic heterocycles. The van der Waals surface area contributed by atoms with E-state index in [1.54, 1.807) is 24.3 Å². The van der Waals surface area contributed by atoms with E-state index in [0.29, 0.717) is 16.9 Å². The van der Waals surface area contributed by atoms with Crippen LogP contribution in [0.25, 0.3) is 0 Å². The van der Waals surface area contributed by atoms with Crippen LogP contribution in [-0.4, -0.2) is 31.7 Å². The van der Waals surface area contributed by atoms with Gasteiger partial charge in [0.05, 0.1) is 13.5 Å². The van der Waals surface area contributed by atoms with Crippen LogP contribution in [0.2, 0.25) is 0 Å². The summed E-state index contributed by atoms with van der Waals surface area (Å²) in [6.07, 6.45) is -5.73. The number of hydrogen-bond acceptors (Lipinski definition) is 4. The van der Waals surface area contributed by atoms with Crippen LogP contribution >= 0.6 is 0 Å². The summed E-state index contributed by atoms with van der Waals surface area (Å²) in [4.78, 5) is 23.9. The molecule has 0 aliphatic carbocycles. The second kappa shape index (κ2) is 13.5. The number of rotatable bonds is 10. The summed E-state index contributed by atoms with van der Waals surface area (Å²) >= 11 is 0. The highest BCUT2D eigenvalue weighted by Crippen LogP contribution is 2.45. The van der Waals surface area contributed by atoms with Crippen molar-refractivity contribution < 1.29 is 32.2 Å². The number of carbonyl (C=O) groups excluding carboxylic acids is 2. The Morgan fingerprint density at radius 1 is 0.833 bits per heavy atom. The van der Waals surface area contributed by atoms with Gasteiger partial charge in [-0.2, -0.15) is 13.2 Å². The minimum atomic E-state index is -4.27. The maximum atomic E-state index is 13.1. The molecule has 42 heavy (non-hydrogen) atoms. The lowest BCUT2D eigenvalue weighted by Crippen LogP contribution is -2.26. The number of nitrogens with one attached hydrogen (secondary N) is 1. The Bertz CT molecular complexity index is 1180. The number of amides is 1. The molecule has 0 saturated heterocycles. The molecule has 1 atom stereocenters. The van der Waals surface area contributed by atoms with Crippen molar-refractivity contribution in [1.82, 2.24) is 5.32 Å². The topological polar surface area (TPSA) is 64.6 Å². The van der Waals surface area contributed by atoms with Crippen molar-refractivity contribution >= 4 is 11.9 Å². The van der Waals surface area contributed by atoms with Crippen LogP contribution in [0.1, 0.15) is 127 Å². The first kappa shape index (κ1) is 35.2. The molecule has 0 bridgehead atoms. The lowest BCUT2D eigenvalue weighted by atomic mass is 9.74. The molecule has 0 aliphatic rings. The van der Waals surface area contributed by atoms with E-state index in [0.717, 1.165) is 11.1 Å². The number of ether oxygens (including phenoxy) is 2. The Balaban J connectivity index is 2.55. The van der Waals surface area contributed by atoms with E-state index in [1.807, 2.05) is 0 Å². The molecule has 234 valence electrons. The zero-order valence-electron chi connectivity index (χ0n) is 26.8. The van der Waals surface area contributed by atoms with Gasteiger partial charge in [0.25, 0.3) is 5.91 Å². The monoisotopic (exact) mass is 591 g/mol. The van der Waals surface area contributed by atoms with Crippen molar-refractivity contribution in [3.8, 4) is 5.75 Å². The van der Waals surface area contributed by atoms with Crippen molar-refractivity contribution in [1.29, 1.82) is 0 Å². The van der Waals surface area contributed by atoms with Crippen molar-refractivity contribution in [2.24, 2.45) is 0 Å². The number of halogens is 3. The highest BCUT2D eigenvalue weighted by Gasteiger charge is 2.33. The van der Waals surface area contributed by atoms with Crippen LogP contribution in [0.5, 0.6) is 5.75 Å². The first-order valence-corrected chi connectivity index (χ1v) is 14.5. The molecule has 2 rings (SSSR count). The summed E-state index contributed by atoms with van der Waals surface area (Å²) in [5, 5.41) is 2.67. The molecule has 0 fully saturated rings. The molecule has 1 unspecified atom stereocenters. The van der Waals surface area contributed by atoms with Crippen LogP contribution < -0.4 is 10.1 Å². The molecule has 2 aromatic rings. The second-order valence-electron chi connectivity index (χ2n) is 14.0. The zero-order chi connectivity index (χ0) is 32.1. The summed E-state index contributed by atoms with van der Waals surface area (Å²) in [7, 11) is 1.28. The van der Waals surface area contributed by atoms with Crippen molar-refractivity contribution in [2.45, 2.75) is 117 Å². The molecule has 0 spiro atoms. The summed E-state index contributed by atoms with van der Waals surface area (Å²) in [6, 6.07) is 11.0. The largest absolute Gasteiger partial charge is 0.485 e. The minimum Gasteiger partial charge on any atom is -0.485 e. The van der Waals surface area contributed by atoms with Gasteiger partial charge >= 0.3 is 12.1 Å².